The van der Waals surface area contributed by atoms with Crippen molar-refractivity contribution in [2.75, 3.05) is 0 Å². The predicted molar refractivity (Wildman–Crippen MR) is 114 cm³/mol. The van der Waals surface area contributed by atoms with Crippen LogP contribution in [0.3, 0.4) is 0 Å². The highest BCUT2D eigenvalue weighted by Gasteiger charge is 2.55. The Balaban J connectivity index is 1.53. The first kappa shape index (κ1) is 20.9. The largest absolute Gasteiger partial charge is 0.392 e. The normalized spacial score (nSPS) is 41.4. The molecule has 4 fully saturated rings. The maximum Gasteiger partial charge on any atom is 0.226 e. The summed E-state index contributed by atoms with van der Waals surface area (Å²) in [6.07, 6.45) is 9.33. The number of aliphatic hydroxyl groups is 2. The van der Waals surface area contributed by atoms with E-state index in [9.17, 15) is 19.8 Å². The molecule has 4 aliphatic rings. The van der Waals surface area contributed by atoms with Gasteiger partial charge >= 0.3 is 0 Å². The van der Waals surface area contributed by atoms with E-state index in [4.69, 9.17) is 0 Å². The number of pyridine rings is 1. The van der Waals surface area contributed by atoms with Gasteiger partial charge in [-0.25, -0.2) is 0 Å². The monoisotopic (exact) mass is 427 g/mol. The van der Waals surface area contributed by atoms with Gasteiger partial charge in [-0.15, -0.1) is 0 Å². The number of nitrogens with zero attached hydrogens (tertiary/aromatic N) is 1. The van der Waals surface area contributed by atoms with E-state index < -0.39 is 30.0 Å². The summed E-state index contributed by atoms with van der Waals surface area (Å²) in [6, 6.07) is 3.62. The van der Waals surface area contributed by atoms with E-state index in [1.807, 2.05) is 12.1 Å². The second kappa shape index (κ2) is 8.51. The molecule has 3 heterocycles. The maximum atomic E-state index is 13.3. The fraction of sp³-hybridized carbons (Fsp3) is 0.708. The molecule has 0 aromatic carbocycles. The van der Waals surface area contributed by atoms with Crippen LogP contribution in [0.1, 0.15) is 62.8 Å². The zero-order valence-electron chi connectivity index (χ0n) is 17.8. The molecular formula is C24H33N3O4. The third-order valence-corrected chi connectivity index (χ3v) is 8.38. The van der Waals surface area contributed by atoms with Gasteiger partial charge < -0.3 is 20.8 Å². The predicted octanol–water partition coefficient (Wildman–Crippen LogP) is 1.50. The molecule has 0 radical (unpaired) electrons. The number of rotatable bonds is 3. The SMILES string of the molecule is O=C1NC2CCCCC2C(O)C1C(c1ccncc1)C1C(=O)NC2CCCCC2C1O. The summed E-state index contributed by atoms with van der Waals surface area (Å²) >= 11 is 0. The molecule has 8 atom stereocenters. The Kier molecular flexibility index (Phi) is 5.73. The standard InChI is InChI=1S/C24H33N3O4/c28-21-14-5-1-3-7-16(14)26-23(30)19(21)18(13-9-11-25-12-10-13)20-22(29)15-6-2-4-8-17(15)27-24(20)31/h9-12,14-22,28-29H,1-8H2,(H,26,30)(H,27,31). The van der Waals surface area contributed by atoms with Crippen molar-refractivity contribution >= 4 is 11.8 Å². The lowest BCUT2D eigenvalue weighted by molar-refractivity contribution is -0.150. The summed E-state index contributed by atoms with van der Waals surface area (Å²) in [6.45, 7) is 0. The number of aliphatic hydroxyl groups excluding tert-OH is 2. The Morgan fingerprint density at radius 2 is 1.23 bits per heavy atom. The molecular weight excluding hydrogens is 394 g/mol. The minimum absolute atomic E-state index is 0.00146. The van der Waals surface area contributed by atoms with Crippen molar-refractivity contribution in [2.24, 2.45) is 23.7 Å². The lowest BCUT2D eigenvalue weighted by Crippen LogP contribution is -2.64. The van der Waals surface area contributed by atoms with E-state index in [0.717, 1.165) is 56.9 Å². The quantitative estimate of drug-likeness (QED) is 0.584. The van der Waals surface area contributed by atoms with Crippen LogP contribution in [0.15, 0.2) is 24.5 Å². The minimum atomic E-state index is -0.832. The van der Waals surface area contributed by atoms with E-state index in [1.165, 1.54) is 0 Å². The Labute approximate surface area is 183 Å². The topological polar surface area (TPSA) is 112 Å². The van der Waals surface area contributed by atoms with Crippen LogP contribution in [0.5, 0.6) is 0 Å². The molecule has 1 aromatic heterocycles. The number of hydrogen-bond donors (Lipinski definition) is 4. The molecule has 31 heavy (non-hydrogen) atoms. The number of amides is 2. The smallest absolute Gasteiger partial charge is 0.226 e. The molecule has 4 N–H and O–H groups in total. The van der Waals surface area contributed by atoms with Gasteiger partial charge in [-0.05, 0) is 43.4 Å². The lowest BCUT2D eigenvalue weighted by Gasteiger charge is -2.50. The average molecular weight is 428 g/mol. The Hall–Kier alpha value is -1.99. The molecule has 8 unspecified atom stereocenters. The molecule has 2 saturated heterocycles. The number of piperidine rings is 2. The van der Waals surface area contributed by atoms with Gasteiger partial charge in [0, 0.05) is 42.2 Å². The van der Waals surface area contributed by atoms with Crippen LogP contribution in [0.2, 0.25) is 0 Å². The fourth-order valence-corrected chi connectivity index (χ4v) is 6.87. The Morgan fingerprint density at radius 1 is 0.774 bits per heavy atom. The van der Waals surface area contributed by atoms with Crippen LogP contribution in [-0.2, 0) is 9.59 Å². The van der Waals surface area contributed by atoms with Gasteiger partial charge in [0.1, 0.15) is 0 Å². The van der Waals surface area contributed by atoms with E-state index >= 15 is 0 Å². The van der Waals surface area contributed by atoms with Crippen LogP contribution < -0.4 is 10.6 Å². The first-order chi connectivity index (χ1) is 15.1. The van der Waals surface area contributed by atoms with Crippen LogP contribution >= 0.6 is 0 Å². The third-order valence-electron chi connectivity index (χ3n) is 8.38. The van der Waals surface area contributed by atoms with E-state index in [-0.39, 0.29) is 35.7 Å². The van der Waals surface area contributed by atoms with Gasteiger partial charge in [-0.2, -0.15) is 0 Å². The van der Waals surface area contributed by atoms with Gasteiger partial charge in [-0.3, -0.25) is 14.6 Å². The van der Waals surface area contributed by atoms with Gasteiger partial charge in [0.15, 0.2) is 0 Å². The highest BCUT2D eigenvalue weighted by molar-refractivity contribution is 5.86. The number of nitrogens with one attached hydrogen (secondary N) is 2. The summed E-state index contributed by atoms with van der Waals surface area (Å²) < 4.78 is 0. The van der Waals surface area contributed by atoms with Crippen molar-refractivity contribution in [1.82, 2.24) is 15.6 Å². The second-order valence-electron chi connectivity index (χ2n) is 9.97. The van der Waals surface area contributed by atoms with E-state index in [1.54, 1.807) is 12.4 Å². The molecule has 2 aliphatic heterocycles. The minimum Gasteiger partial charge on any atom is -0.392 e. The van der Waals surface area contributed by atoms with Crippen molar-refractivity contribution in [1.29, 1.82) is 0 Å². The molecule has 0 spiro atoms. The Bertz CT molecular complexity index is 770. The molecule has 2 amide bonds. The van der Waals surface area contributed by atoms with Crippen LogP contribution in [0.4, 0.5) is 0 Å². The molecule has 2 saturated carbocycles. The molecule has 2 aliphatic carbocycles. The van der Waals surface area contributed by atoms with Crippen LogP contribution in [0.25, 0.3) is 0 Å². The lowest BCUT2D eigenvalue weighted by atomic mass is 9.61. The number of hydrogen-bond acceptors (Lipinski definition) is 5. The summed E-state index contributed by atoms with van der Waals surface area (Å²) in [5, 5.41) is 29.1. The molecule has 5 rings (SSSR count). The third kappa shape index (κ3) is 3.65. The zero-order chi connectivity index (χ0) is 21.5. The highest BCUT2D eigenvalue weighted by Crippen LogP contribution is 2.46. The molecule has 168 valence electrons. The van der Waals surface area contributed by atoms with Gasteiger partial charge in [-0.1, -0.05) is 25.7 Å². The molecule has 0 bridgehead atoms. The number of aromatic nitrogens is 1. The van der Waals surface area contributed by atoms with Crippen molar-refractivity contribution in [3.63, 3.8) is 0 Å². The van der Waals surface area contributed by atoms with Crippen molar-refractivity contribution in [3.05, 3.63) is 30.1 Å². The van der Waals surface area contributed by atoms with E-state index in [0.29, 0.717) is 0 Å². The highest BCUT2D eigenvalue weighted by atomic mass is 16.3. The van der Waals surface area contributed by atoms with Crippen LogP contribution in [-0.4, -0.2) is 51.3 Å². The summed E-state index contributed by atoms with van der Waals surface area (Å²) in [5.74, 6) is -2.57. The fourth-order valence-electron chi connectivity index (χ4n) is 6.87. The van der Waals surface area contributed by atoms with Gasteiger partial charge in [0.25, 0.3) is 0 Å². The van der Waals surface area contributed by atoms with Crippen molar-refractivity contribution in [3.8, 4) is 0 Å². The van der Waals surface area contributed by atoms with Gasteiger partial charge in [0.2, 0.25) is 11.8 Å². The zero-order valence-corrected chi connectivity index (χ0v) is 17.8. The molecule has 7 nitrogen and oxygen atoms in total. The molecule has 7 heteroatoms. The number of carbonyl (C=O) groups is 2. The first-order valence-electron chi connectivity index (χ1n) is 11.9. The average Bonchev–Trinajstić information content (AvgIpc) is 2.78. The summed E-state index contributed by atoms with van der Waals surface area (Å²) in [4.78, 5) is 30.7. The summed E-state index contributed by atoms with van der Waals surface area (Å²) in [5.41, 5.74) is 0.775. The number of carbonyl (C=O) groups excluding carboxylic acids is 2. The van der Waals surface area contributed by atoms with Crippen molar-refractivity contribution in [2.45, 2.75) is 81.6 Å². The second-order valence-corrected chi connectivity index (χ2v) is 9.97. The Morgan fingerprint density at radius 3 is 1.71 bits per heavy atom. The molecule has 1 aromatic rings. The first-order valence-corrected chi connectivity index (χ1v) is 11.9. The van der Waals surface area contributed by atoms with Crippen LogP contribution in [0, 0.1) is 23.7 Å². The van der Waals surface area contributed by atoms with Crippen molar-refractivity contribution < 1.29 is 19.8 Å². The van der Waals surface area contributed by atoms with E-state index in [2.05, 4.69) is 15.6 Å². The maximum absolute atomic E-state index is 13.3. The van der Waals surface area contributed by atoms with Gasteiger partial charge in [0.05, 0.1) is 24.0 Å². The summed E-state index contributed by atoms with van der Waals surface area (Å²) in [7, 11) is 0. The number of fused-ring (bicyclic) bond motifs is 2.